The zero-order valence-electron chi connectivity index (χ0n) is 10.7. The Kier molecular flexibility index (Phi) is 3.20. The van der Waals surface area contributed by atoms with Gasteiger partial charge in [0.25, 0.3) is 0 Å². The molecule has 3 heteroatoms. The standard InChI is InChI=1S/C14H19NO2/c1-10-4-5-12(11(2)8-10)9-15-14(6-7-14)13(16)17-3/h4-5,8,15H,6-7,9H2,1-3H3. The molecule has 0 heterocycles. The van der Waals surface area contributed by atoms with Gasteiger partial charge in [-0.2, -0.15) is 0 Å². The Morgan fingerprint density at radius 2 is 2.12 bits per heavy atom. The van der Waals surface area contributed by atoms with Crippen LogP contribution in [0.15, 0.2) is 18.2 Å². The summed E-state index contributed by atoms with van der Waals surface area (Å²) in [4.78, 5) is 11.6. The van der Waals surface area contributed by atoms with Crippen molar-refractivity contribution in [3.63, 3.8) is 0 Å². The van der Waals surface area contributed by atoms with Crippen LogP contribution in [0.5, 0.6) is 0 Å². The fraction of sp³-hybridized carbons (Fsp3) is 0.500. The normalized spacial score (nSPS) is 16.6. The first-order chi connectivity index (χ1) is 8.07. The third kappa shape index (κ3) is 2.50. The minimum absolute atomic E-state index is 0.137. The van der Waals surface area contributed by atoms with Gasteiger partial charge in [0.05, 0.1) is 7.11 Å². The molecule has 0 aromatic heterocycles. The van der Waals surface area contributed by atoms with Gasteiger partial charge in [-0.05, 0) is 37.8 Å². The van der Waals surface area contributed by atoms with E-state index in [0.29, 0.717) is 0 Å². The predicted octanol–water partition coefficient (Wildman–Crippen LogP) is 2.10. The zero-order valence-corrected chi connectivity index (χ0v) is 10.7. The molecule has 1 N–H and O–H groups in total. The van der Waals surface area contributed by atoms with Gasteiger partial charge in [-0.3, -0.25) is 10.1 Å². The molecular formula is C14H19NO2. The van der Waals surface area contributed by atoms with Crippen LogP contribution in [0.4, 0.5) is 0 Å². The molecule has 17 heavy (non-hydrogen) atoms. The first-order valence-electron chi connectivity index (χ1n) is 5.97. The van der Waals surface area contributed by atoms with Crippen molar-refractivity contribution in [1.29, 1.82) is 0 Å². The second-order valence-electron chi connectivity index (χ2n) is 4.86. The highest BCUT2D eigenvalue weighted by molar-refractivity contribution is 5.84. The summed E-state index contributed by atoms with van der Waals surface area (Å²) in [6, 6.07) is 6.38. The minimum atomic E-state index is -0.411. The van der Waals surface area contributed by atoms with Gasteiger partial charge in [-0.25, -0.2) is 0 Å². The first kappa shape index (κ1) is 12.1. The Bertz CT molecular complexity index is 436. The van der Waals surface area contributed by atoms with Crippen molar-refractivity contribution in [2.45, 2.75) is 38.8 Å². The van der Waals surface area contributed by atoms with Crippen LogP contribution >= 0.6 is 0 Å². The van der Waals surface area contributed by atoms with E-state index < -0.39 is 5.54 Å². The lowest BCUT2D eigenvalue weighted by atomic mass is 10.1. The highest BCUT2D eigenvalue weighted by Gasteiger charge is 2.50. The van der Waals surface area contributed by atoms with Gasteiger partial charge in [0.2, 0.25) is 0 Å². The van der Waals surface area contributed by atoms with Crippen molar-refractivity contribution in [3.05, 3.63) is 34.9 Å². The number of benzene rings is 1. The predicted molar refractivity (Wildman–Crippen MR) is 66.7 cm³/mol. The summed E-state index contributed by atoms with van der Waals surface area (Å²) in [5, 5.41) is 3.32. The van der Waals surface area contributed by atoms with Gasteiger partial charge < -0.3 is 4.74 Å². The fourth-order valence-corrected chi connectivity index (χ4v) is 2.08. The number of rotatable bonds is 4. The van der Waals surface area contributed by atoms with E-state index in [2.05, 4.69) is 37.4 Å². The van der Waals surface area contributed by atoms with Crippen LogP contribution in [0.3, 0.4) is 0 Å². The van der Waals surface area contributed by atoms with Gasteiger partial charge in [0.1, 0.15) is 5.54 Å². The molecule has 2 rings (SSSR count). The quantitative estimate of drug-likeness (QED) is 0.809. The van der Waals surface area contributed by atoms with Crippen LogP contribution in [-0.4, -0.2) is 18.6 Å². The molecule has 0 aliphatic heterocycles. The number of nitrogens with one attached hydrogen (secondary N) is 1. The van der Waals surface area contributed by atoms with E-state index in [0.717, 1.165) is 19.4 Å². The number of ether oxygens (including phenoxy) is 1. The van der Waals surface area contributed by atoms with E-state index >= 15 is 0 Å². The van der Waals surface area contributed by atoms with E-state index in [1.807, 2.05) is 0 Å². The molecule has 0 spiro atoms. The van der Waals surface area contributed by atoms with Gasteiger partial charge in [0, 0.05) is 6.54 Å². The van der Waals surface area contributed by atoms with Crippen LogP contribution in [0.25, 0.3) is 0 Å². The molecule has 0 amide bonds. The summed E-state index contributed by atoms with van der Waals surface area (Å²) in [7, 11) is 1.45. The summed E-state index contributed by atoms with van der Waals surface area (Å²) < 4.78 is 4.81. The zero-order chi connectivity index (χ0) is 12.5. The van der Waals surface area contributed by atoms with Crippen LogP contribution < -0.4 is 5.32 Å². The third-order valence-electron chi connectivity index (χ3n) is 3.44. The fourth-order valence-electron chi connectivity index (χ4n) is 2.08. The number of esters is 1. The lowest BCUT2D eigenvalue weighted by Gasteiger charge is -2.16. The lowest BCUT2D eigenvalue weighted by Crippen LogP contribution is -2.39. The van der Waals surface area contributed by atoms with E-state index in [9.17, 15) is 4.79 Å². The van der Waals surface area contributed by atoms with Crippen molar-refractivity contribution in [2.24, 2.45) is 0 Å². The van der Waals surface area contributed by atoms with Crippen molar-refractivity contribution < 1.29 is 9.53 Å². The molecule has 0 unspecified atom stereocenters. The SMILES string of the molecule is COC(=O)C1(NCc2ccc(C)cc2C)CC1. The Morgan fingerprint density at radius 3 is 2.65 bits per heavy atom. The summed E-state index contributed by atoms with van der Waals surface area (Å²) in [5.74, 6) is -0.137. The van der Waals surface area contributed by atoms with Crippen LogP contribution in [-0.2, 0) is 16.1 Å². The number of carbonyl (C=O) groups excluding carboxylic acids is 1. The van der Waals surface area contributed by atoms with Crippen molar-refractivity contribution in [1.82, 2.24) is 5.32 Å². The average Bonchev–Trinajstić information content (AvgIpc) is 3.08. The molecular weight excluding hydrogens is 214 g/mol. The Balaban J connectivity index is 2.01. The highest BCUT2D eigenvalue weighted by atomic mass is 16.5. The average molecular weight is 233 g/mol. The molecule has 1 aliphatic rings. The van der Waals surface area contributed by atoms with Crippen LogP contribution in [0.1, 0.15) is 29.5 Å². The van der Waals surface area contributed by atoms with E-state index in [1.54, 1.807) is 0 Å². The highest BCUT2D eigenvalue weighted by Crippen LogP contribution is 2.36. The Labute approximate surface area is 102 Å². The number of hydrogen-bond acceptors (Lipinski definition) is 3. The summed E-state index contributed by atoms with van der Waals surface area (Å²) >= 11 is 0. The van der Waals surface area contributed by atoms with Gasteiger partial charge in [-0.1, -0.05) is 23.8 Å². The van der Waals surface area contributed by atoms with Gasteiger partial charge in [-0.15, -0.1) is 0 Å². The second-order valence-corrected chi connectivity index (χ2v) is 4.86. The molecule has 92 valence electrons. The molecule has 0 atom stereocenters. The molecule has 1 fully saturated rings. The second kappa shape index (κ2) is 4.49. The van der Waals surface area contributed by atoms with Crippen molar-refractivity contribution in [2.75, 3.05) is 7.11 Å². The summed E-state index contributed by atoms with van der Waals surface area (Å²) in [6.07, 6.45) is 1.76. The number of aryl methyl sites for hydroxylation is 2. The molecule has 3 nitrogen and oxygen atoms in total. The maximum Gasteiger partial charge on any atom is 0.326 e. The monoisotopic (exact) mass is 233 g/mol. The Hall–Kier alpha value is -1.35. The summed E-state index contributed by atoms with van der Waals surface area (Å²) in [5.41, 5.74) is 3.36. The van der Waals surface area contributed by atoms with E-state index in [-0.39, 0.29) is 5.97 Å². The van der Waals surface area contributed by atoms with Crippen molar-refractivity contribution in [3.8, 4) is 0 Å². The smallest absolute Gasteiger partial charge is 0.326 e. The molecule has 0 radical (unpaired) electrons. The number of carbonyl (C=O) groups is 1. The molecule has 1 aromatic rings. The molecule has 1 aliphatic carbocycles. The van der Waals surface area contributed by atoms with Crippen molar-refractivity contribution >= 4 is 5.97 Å². The van der Waals surface area contributed by atoms with Gasteiger partial charge in [0.15, 0.2) is 0 Å². The molecule has 1 aromatic carbocycles. The summed E-state index contributed by atoms with van der Waals surface area (Å²) in [6.45, 7) is 4.91. The minimum Gasteiger partial charge on any atom is -0.468 e. The Morgan fingerprint density at radius 1 is 1.41 bits per heavy atom. The van der Waals surface area contributed by atoms with Crippen LogP contribution in [0.2, 0.25) is 0 Å². The topological polar surface area (TPSA) is 38.3 Å². The first-order valence-corrected chi connectivity index (χ1v) is 5.97. The lowest BCUT2D eigenvalue weighted by molar-refractivity contribution is -0.144. The maximum atomic E-state index is 11.6. The number of methoxy groups -OCH3 is 1. The molecule has 0 saturated heterocycles. The maximum absolute atomic E-state index is 11.6. The largest absolute Gasteiger partial charge is 0.468 e. The third-order valence-corrected chi connectivity index (χ3v) is 3.44. The number of hydrogen-bond donors (Lipinski definition) is 1. The van der Waals surface area contributed by atoms with E-state index in [4.69, 9.17) is 4.74 Å². The molecule has 1 saturated carbocycles. The van der Waals surface area contributed by atoms with Gasteiger partial charge >= 0.3 is 5.97 Å². The molecule has 0 bridgehead atoms. The van der Waals surface area contributed by atoms with E-state index in [1.165, 1.54) is 23.8 Å². The van der Waals surface area contributed by atoms with Crippen LogP contribution in [0, 0.1) is 13.8 Å².